The highest BCUT2D eigenvalue weighted by molar-refractivity contribution is 6.32. The molecule has 0 aromatic rings. The maximum atomic E-state index is 11.8. The van der Waals surface area contributed by atoms with Gasteiger partial charge in [0.05, 0.1) is 12.6 Å². The van der Waals surface area contributed by atoms with Crippen LogP contribution < -0.4 is 10.6 Å². The fourth-order valence-electron chi connectivity index (χ4n) is 1.65. The summed E-state index contributed by atoms with van der Waals surface area (Å²) in [6.07, 6.45) is 3.32. The lowest BCUT2D eigenvalue weighted by atomic mass is 10.1. The SMILES string of the molecule is C=CCN1N=CC(NC2CNC2)C(Cl)C1=O.CC. The zero-order chi connectivity index (χ0) is 13.5. The summed E-state index contributed by atoms with van der Waals surface area (Å²) in [5.41, 5.74) is 0. The Morgan fingerprint density at radius 2 is 2.33 bits per heavy atom. The molecule has 2 aliphatic rings. The van der Waals surface area contributed by atoms with E-state index in [1.807, 2.05) is 13.8 Å². The zero-order valence-electron chi connectivity index (χ0n) is 10.9. The normalized spacial score (nSPS) is 27.3. The van der Waals surface area contributed by atoms with Gasteiger partial charge in [-0.1, -0.05) is 19.9 Å². The van der Waals surface area contributed by atoms with Crippen molar-refractivity contribution < 1.29 is 4.79 Å². The van der Waals surface area contributed by atoms with E-state index in [0.29, 0.717) is 12.6 Å². The van der Waals surface area contributed by atoms with Gasteiger partial charge in [-0.05, 0) is 0 Å². The van der Waals surface area contributed by atoms with Crippen LogP contribution in [0.2, 0.25) is 0 Å². The summed E-state index contributed by atoms with van der Waals surface area (Å²) in [7, 11) is 0. The lowest BCUT2D eigenvalue weighted by Crippen LogP contribution is -2.62. The Bertz CT molecular complexity index is 317. The fraction of sp³-hybridized carbons (Fsp3) is 0.667. The number of carbonyl (C=O) groups is 1. The first kappa shape index (κ1) is 15.1. The predicted octanol–water partition coefficient (Wildman–Crippen LogP) is 0.564. The van der Waals surface area contributed by atoms with Gasteiger partial charge in [-0.2, -0.15) is 5.10 Å². The minimum absolute atomic E-state index is 0.172. The molecule has 6 heteroatoms. The molecule has 0 aliphatic carbocycles. The molecule has 0 radical (unpaired) electrons. The van der Waals surface area contributed by atoms with E-state index in [2.05, 4.69) is 22.3 Å². The summed E-state index contributed by atoms with van der Waals surface area (Å²) in [5, 5.41) is 11.2. The molecule has 0 saturated carbocycles. The summed E-state index contributed by atoms with van der Waals surface area (Å²) < 4.78 is 0. The third-order valence-electron chi connectivity index (χ3n) is 2.68. The van der Waals surface area contributed by atoms with E-state index < -0.39 is 5.38 Å². The molecule has 0 bridgehead atoms. The molecule has 0 spiro atoms. The largest absolute Gasteiger partial charge is 0.314 e. The van der Waals surface area contributed by atoms with Crippen LogP contribution >= 0.6 is 11.6 Å². The monoisotopic (exact) mass is 272 g/mol. The van der Waals surface area contributed by atoms with Crippen LogP contribution in [0, 0.1) is 0 Å². The van der Waals surface area contributed by atoms with Crippen LogP contribution in [0.4, 0.5) is 0 Å². The summed E-state index contributed by atoms with van der Waals surface area (Å²) in [4.78, 5) is 11.8. The third-order valence-corrected chi connectivity index (χ3v) is 3.14. The summed E-state index contributed by atoms with van der Waals surface area (Å²) >= 11 is 6.09. The van der Waals surface area contributed by atoms with E-state index in [9.17, 15) is 4.79 Å². The van der Waals surface area contributed by atoms with Crippen LogP contribution in [0.5, 0.6) is 0 Å². The molecule has 2 atom stereocenters. The van der Waals surface area contributed by atoms with Crippen LogP contribution in [-0.4, -0.2) is 54.2 Å². The number of amides is 1. The number of nitrogens with one attached hydrogen (secondary N) is 2. The second kappa shape index (κ2) is 7.51. The Labute approximate surface area is 113 Å². The first-order valence-electron chi connectivity index (χ1n) is 6.29. The number of hydrazone groups is 1. The highest BCUT2D eigenvalue weighted by Crippen LogP contribution is 2.13. The molecule has 2 aliphatic heterocycles. The van der Waals surface area contributed by atoms with Gasteiger partial charge in [0.1, 0.15) is 5.38 Å². The Morgan fingerprint density at radius 3 is 2.83 bits per heavy atom. The van der Waals surface area contributed by atoms with Gasteiger partial charge in [0, 0.05) is 25.3 Å². The lowest BCUT2D eigenvalue weighted by molar-refractivity contribution is -0.131. The first-order chi connectivity index (χ1) is 8.72. The maximum absolute atomic E-state index is 11.8. The highest BCUT2D eigenvalue weighted by Gasteiger charge is 2.34. The Kier molecular flexibility index (Phi) is 6.32. The lowest BCUT2D eigenvalue weighted by Gasteiger charge is -2.35. The van der Waals surface area contributed by atoms with Crippen LogP contribution in [0.25, 0.3) is 0 Å². The van der Waals surface area contributed by atoms with Gasteiger partial charge in [0.2, 0.25) is 0 Å². The van der Waals surface area contributed by atoms with Crippen LogP contribution in [0.15, 0.2) is 17.8 Å². The third kappa shape index (κ3) is 3.54. The van der Waals surface area contributed by atoms with Crippen molar-refractivity contribution in [1.82, 2.24) is 15.6 Å². The predicted molar refractivity (Wildman–Crippen MR) is 75.0 cm³/mol. The Hall–Kier alpha value is -0.910. The topological polar surface area (TPSA) is 56.7 Å². The standard InChI is InChI=1S/C10H15ClN4O.C2H6/c1-2-3-15-10(16)9(11)8(6-13-15)14-7-4-12-5-7;1-2/h2,6-9,12,14H,1,3-5H2;1-2H3. The van der Waals surface area contributed by atoms with Crippen molar-refractivity contribution in [2.24, 2.45) is 5.10 Å². The van der Waals surface area contributed by atoms with E-state index in [4.69, 9.17) is 11.6 Å². The van der Waals surface area contributed by atoms with Crippen LogP contribution in [0.1, 0.15) is 13.8 Å². The molecule has 0 aromatic carbocycles. The number of halogens is 1. The Balaban J connectivity index is 0.000000771. The average Bonchev–Trinajstić information content (AvgIpc) is 2.35. The quantitative estimate of drug-likeness (QED) is 0.581. The van der Waals surface area contributed by atoms with Gasteiger partial charge in [-0.15, -0.1) is 18.2 Å². The molecule has 5 nitrogen and oxygen atoms in total. The summed E-state index contributed by atoms with van der Waals surface area (Å²) in [5.74, 6) is -0.172. The molecule has 1 fully saturated rings. The van der Waals surface area contributed by atoms with Gasteiger partial charge < -0.3 is 10.6 Å². The number of rotatable bonds is 4. The number of nitrogens with zero attached hydrogens (tertiary/aromatic N) is 2. The smallest absolute Gasteiger partial charge is 0.262 e. The second-order valence-electron chi connectivity index (χ2n) is 3.92. The number of hydrogen-bond donors (Lipinski definition) is 2. The molecule has 1 saturated heterocycles. The molecular weight excluding hydrogens is 252 g/mol. The van der Waals surface area contributed by atoms with Crippen LogP contribution in [-0.2, 0) is 4.79 Å². The number of hydrogen-bond acceptors (Lipinski definition) is 4. The number of alkyl halides is 1. The van der Waals surface area contributed by atoms with Crippen molar-refractivity contribution >= 4 is 23.7 Å². The van der Waals surface area contributed by atoms with E-state index in [1.165, 1.54) is 5.01 Å². The van der Waals surface area contributed by atoms with E-state index in [0.717, 1.165) is 13.1 Å². The summed E-state index contributed by atoms with van der Waals surface area (Å²) in [6, 6.07) is 0.207. The van der Waals surface area contributed by atoms with Crippen molar-refractivity contribution in [3.8, 4) is 0 Å². The molecule has 102 valence electrons. The van der Waals surface area contributed by atoms with Gasteiger partial charge in [0.25, 0.3) is 5.91 Å². The molecule has 2 rings (SSSR count). The second-order valence-corrected chi connectivity index (χ2v) is 4.39. The van der Waals surface area contributed by atoms with Gasteiger partial charge in [-0.3, -0.25) is 4.79 Å². The summed E-state index contributed by atoms with van der Waals surface area (Å²) in [6.45, 7) is 9.80. The molecule has 2 unspecified atom stereocenters. The highest BCUT2D eigenvalue weighted by atomic mass is 35.5. The zero-order valence-corrected chi connectivity index (χ0v) is 11.7. The van der Waals surface area contributed by atoms with E-state index in [-0.39, 0.29) is 11.9 Å². The molecule has 18 heavy (non-hydrogen) atoms. The molecule has 0 aromatic heterocycles. The van der Waals surface area contributed by atoms with Crippen molar-refractivity contribution in [1.29, 1.82) is 0 Å². The van der Waals surface area contributed by atoms with Crippen LogP contribution in [0.3, 0.4) is 0 Å². The van der Waals surface area contributed by atoms with Gasteiger partial charge in [0.15, 0.2) is 0 Å². The molecule has 2 N–H and O–H groups in total. The van der Waals surface area contributed by atoms with Gasteiger partial charge in [-0.25, -0.2) is 5.01 Å². The minimum atomic E-state index is -0.585. The Morgan fingerprint density at radius 1 is 1.67 bits per heavy atom. The molecule has 1 amide bonds. The van der Waals surface area contributed by atoms with Crippen molar-refractivity contribution in [2.45, 2.75) is 31.3 Å². The van der Waals surface area contributed by atoms with Crippen molar-refractivity contribution in [3.05, 3.63) is 12.7 Å². The van der Waals surface area contributed by atoms with Crippen molar-refractivity contribution in [2.75, 3.05) is 19.6 Å². The minimum Gasteiger partial charge on any atom is -0.314 e. The maximum Gasteiger partial charge on any atom is 0.262 e. The fourth-order valence-corrected chi connectivity index (χ4v) is 1.90. The van der Waals surface area contributed by atoms with Crippen molar-refractivity contribution in [3.63, 3.8) is 0 Å². The average molecular weight is 273 g/mol. The van der Waals surface area contributed by atoms with E-state index in [1.54, 1.807) is 12.3 Å². The van der Waals surface area contributed by atoms with E-state index >= 15 is 0 Å². The molecular formula is C12H21ClN4O. The van der Waals surface area contributed by atoms with Gasteiger partial charge >= 0.3 is 0 Å². The first-order valence-corrected chi connectivity index (χ1v) is 6.73. The molecule has 2 heterocycles. The number of carbonyl (C=O) groups excluding carboxylic acids is 1.